The van der Waals surface area contributed by atoms with Crippen LogP contribution < -0.4 is 11.1 Å². The Hall–Kier alpha value is -1.88. The molecule has 1 atom stereocenters. The number of nitrogens with zero attached hydrogens (tertiary/aromatic N) is 2. The minimum absolute atomic E-state index is 0.113. The Kier molecular flexibility index (Phi) is 3.39. The van der Waals surface area contributed by atoms with Gasteiger partial charge in [-0.3, -0.25) is 0 Å². The van der Waals surface area contributed by atoms with Gasteiger partial charge in [0.1, 0.15) is 0 Å². The third-order valence-electron chi connectivity index (χ3n) is 2.56. The summed E-state index contributed by atoms with van der Waals surface area (Å²) in [5.41, 5.74) is 7.81. The van der Waals surface area contributed by atoms with Crippen molar-refractivity contribution in [3.8, 4) is 0 Å². The molecule has 1 aromatic carbocycles. The van der Waals surface area contributed by atoms with Gasteiger partial charge in [-0.1, -0.05) is 34.9 Å². The summed E-state index contributed by atoms with van der Waals surface area (Å²) in [4.78, 5) is 0. The van der Waals surface area contributed by atoms with E-state index in [1.165, 1.54) is 11.1 Å². The fourth-order valence-electron chi connectivity index (χ4n) is 1.52. The number of nitrogens with two attached hydrogens (primary N) is 1. The summed E-state index contributed by atoms with van der Waals surface area (Å²) in [6, 6.07) is 8.82. The van der Waals surface area contributed by atoms with Crippen molar-refractivity contribution in [2.45, 2.75) is 26.4 Å². The molecule has 2 rings (SSSR count). The van der Waals surface area contributed by atoms with Crippen LogP contribution in [-0.2, 0) is 6.54 Å². The molecule has 1 heterocycles. The van der Waals surface area contributed by atoms with Crippen molar-refractivity contribution in [2.24, 2.45) is 5.73 Å². The van der Waals surface area contributed by atoms with E-state index in [-0.39, 0.29) is 12.6 Å². The minimum atomic E-state index is 0.113. The molecule has 0 aliphatic rings. The van der Waals surface area contributed by atoms with Gasteiger partial charge in [-0.2, -0.15) is 0 Å². The molecular formula is C12H16N4O. The molecule has 0 fully saturated rings. The fourth-order valence-corrected chi connectivity index (χ4v) is 1.52. The second-order valence-electron chi connectivity index (χ2n) is 3.98. The third-order valence-corrected chi connectivity index (χ3v) is 2.56. The topological polar surface area (TPSA) is 77.0 Å². The summed E-state index contributed by atoms with van der Waals surface area (Å²) in [6.45, 7) is 4.36. The van der Waals surface area contributed by atoms with Crippen LogP contribution in [0.4, 0.5) is 6.01 Å². The lowest BCUT2D eigenvalue weighted by molar-refractivity contribution is 0.503. The highest BCUT2D eigenvalue weighted by Gasteiger charge is 2.09. The summed E-state index contributed by atoms with van der Waals surface area (Å²) >= 11 is 0. The summed E-state index contributed by atoms with van der Waals surface area (Å²) in [6.07, 6.45) is 0. The van der Waals surface area contributed by atoms with Crippen molar-refractivity contribution in [3.63, 3.8) is 0 Å². The number of rotatable bonds is 4. The van der Waals surface area contributed by atoms with Crippen molar-refractivity contribution in [3.05, 3.63) is 41.3 Å². The number of nitrogens with one attached hydrogen (secondary N) is 1. The number of hydrogen-bond acceptors (Lipinski definition) is 5. The zero-order chi connectivity index (χ0) is 12.3. The second-order valence-corrected chi connectivity index (χ2v) is 3.98. The first-order chi connectivity index (χ1) is 8.19. The molecule has 5 nitrogen and oxygen atoms in total. The van der Waals surface area contributed by atoms with Crippen molar-refractivity contribution in [1.29, 1.82) is 0 Å². The highest BCUT2D eigenvalue weighted by Crippen LogP contribution is 2.18. The van der Waals surface area contributed by atoms with Crippen LogP contribution in [0.1, 0.15) is 30.0 Å². The van der Waals surface area contributed by atoms with E-state index < -0.39 is 0 Å². The van der Waals surface area contributed by atoms with Gasteiger partial charge >= 0.3 is 6.01 Å². The zero-order valence-corrected chi connectivity index (χ0v) is 9.97. The Bertz CT molecular complexity index is 478. The Morgan fingerprint density at radius 1 is 1.29 bits per heavy atom. The molecule has 0 saturated carbocycles. The third kappa shape index (κ3) is 2.82. The van der Waals surface area contributed by atoms with Gasteiger partial charge in [0.15, 0.2) is 0 Å². The van der Waals surface area contributed by atoms with Gasteiger partial charge in [-0.05, 0) is 19.4 Å². The molecule has 5 heteroatoms. The van der Waals surface area contributed by atoms with Crippen LogP contribution in [-0.4, -0.2) is 10.2 Å². The van der Waals surface area contributed by atoms with Crippen LogP contribution >= 0.6 is 0 Å². The number of hydrogen-bond donors (Lipinski definition) is 2. The summed E-state index contributed by atoms with van der Waals surface area (Å²) < 4.78 is 5.29. The molecular weight excluding hydrogens is 216 g/mol. The Morgan fingerprint density at radius 2 is 2.00 bits per heavy atom. The van der Waals surface area contributed by atoms with Gasteiger partial charge in [-0.25, -0.2) is 0 Å². The molecule has 3 N–H and O–H groups in total. The van der Waals surface area contributed by atoms with E-state index in [0.717, 1.165) is 0 Å². The molecule has 2 aromatic rings. The van der Waals surface area contributed by atoms with Crippen LogP contribution in [0.3, 0.4) is 0 Å². The predicted molar refractivity (Wildman–Crippen MR) is 65.4 cm³/mol. The average molecular weight is 232 g/mol. The largest absolute Gasteiger partial charge is 0.407 e. The zero-order valence-electron chi connectivity index (χ0n) is 9.97. The van der Waals surface area contributed by atoms with E-state index in [1.54, 1.807) is 0 Å². The summed E-state index contributed by atoms with van der Waals surface area (Å²) in [5, 5.41) is 10.8. The van der Waals surface area contributed by atoms with Gasteiger partial charge in [0.2, 0.25) is 5.89 Å². The molecule has 0 radical (unpaired) electrons. The van der Waals surface area contributed by atoms with Gasteiger partial charge in [0.05, 0.1) is 12.6 Å². The molecule has 0 spiro atoms. The number of aryl methyl sites for hydroxylation is 1. The normalized spacial score (nSPS) is 12.4. The van der Waals surface area contributed by atoms with Crippen molar-refractivity contribution in [1.82, 2.24) is 10.2 Å². The quantitative estimate of drug-likeness (QED) is 0.843. The molecule has 0 saturated heterocycles. The molecule has 1 unspecified atom stereocenters. The van der Waals surface area contributed by atoms with E-state index in [9.17, 15) is 0 Å². The van der Waals surface area contributed by atoms with E-state index in [0.29, 0.717) is 11.9 Å². The fraction of sp³-hybridized carbons (Fsp3) is 0.333. The first-order valence-electron chi connectivity index (χ1n) is 5.54. The Balaban J connectivity index is 2.05. The Morgan fingerprint density at radius 3 is 2.59 bits per heavy atom. The maximum absolute atomic E-state index is 5.40. The van der Waals surface area contributed by atoms with E-state index in [1.807, 2.05) is 6.92 Å². The monoisotopic (exact) mass is 232 g/mol. The molecule has 1 aromatic heterocycles. The van der Waals surface area contributed by atoms with Gasteiger partial charge in [-0.15, -0.1) is 5.10 Å². The van der Waals surface area contributed by atoms with Crippen LogP contribution in [0, 0.1) is 6.92 Å². The van der Waals surface area contributed by atoms with E-state index >= 15 is 0 Å². The molecule has 0 aliphatic carbocycles. The highest BCUT2D eigenvalue weighted by atomic mass is 16.4. The van der Waals surface area contributed by atoms with Crippen molar-refractivity contribution in [2.75, 3.05) is 5.32 Å². The summed E-state index contributed by atoms with van der Waals surface area (Å²) in [7, 11) is 0. The SMILES string of the molecule is Cc1ccc(C(C)Nc2nnc(CN)o2)cc1. The highest BCUT2D eigenvalue weighted by molar-refractivity contribution is 5.30. The maximum atomic E-state index is 5.40. The molecule has 0 aliphatic heterocycles. The minimum Gasteiger partial charge on any atom is -0.407 e. The molecule has 17 heavy (non-hydrogen) atoms. The lowest BCUT2D eigenvalue weighted by Gasteiger charge is -2.12. The first kappa shape index (κ1) is 11.6. The standard InChI is InChI=1S/C12H16N4O/c1-8-3-5-10(6-4-8)9(2)14-12-16-15-11(7-13)17-12/h3-6,9H,7,13H2,1-2H3,(H,14,16). The molecule has 90 valence electrons. The predicted octanol–water partition coefficient (Wildman–Crippen LogP) is 2.01. The van der Waals surface area contributed by atoms with Crippen molar-refractivity contribution >= 4 is 6.01 Å². The number of benzene rings is 1. The lowest BCUT2D eigenvalue weighted by atomic mass is 10.1. The number of aromatic nitrogens is 2. The number of anilines is 1. The van der Waals surface area contributed by atoms with Crippen LogP contribution in [0.5, 0.6) is 0 Å². The molecule has 0 amide bonds. The second kappa shape index (κ2) is 4.97. The summed E-state index contributed by atoms with van der Waals surface area (Å²) in [5.74, 6) is 0.434. The van der Waals surface area contributed by atoms with E-state index in [4.69, 9.17) is 10.2 Å². The smallest absolute Gasteiger partial charge is 0.315 e. The van der Waals surface area contributed by atoms with Crippen LogP contribution in [0.2, 0.25) is 0 Å². The van der Waals surface area contributed by atoms with Crippen LogP contribution in [0.25, 0.3) is 0 Å². The van der Waals surface area contributed by atoms with Gasteiger partial charge in [0.25, 0.3) is 0 Å². The first-order valence-corrected chi connectivity index (χ1v) is 5.54. The van der Waals surface area contributed by atoms with Crippen LogP contribution in [0.15, 0.2) is 28.7 Å². The molecule has 0 bridgehead atoms. The average Bonchev–Trinajstić information content (AvgIpc) is 2.77. The van der Waals surface area contributed by atoms with Crippen molar-refractivity contribution < 1.29 is 4.42 Å². The van der Waals surface area contributed by atoms with E-state index in [2.05, 4.69) is 46.7 Å². The lowest BCUT2D eigenvalue weighted by Crippen LogP contribution is -2.06. The Labute approximate surface area is 100 Å². The van der Waals surface area contributed by atoms with Gasteiger partial charge in [0, 0.05) is 0 Å². The van der Waals surface area contributed by atoms with Gasteiger partial charge < -0.3 is 15.5 Å². The maximum Gasteiger partial charge on any atom is 0.315 e.